The van der Waals surface area contributed by atoms with Crippen molar-refractivity contribution in [1.29, 1.82) is 0 Å². The lowest BCUT2D eigenvalue weighted by Gasteiger charge is -2.16. The maximum Gasteiger partial charge on any atom is 0.147 e. The van der Waals surface area contributed by atoms with Gasteiger partial charge in [-0.15, -0.1) is 10.2 Å². The molecule has 1 aliphatic carbocycles. The normalized spacial score (nSPS) is 18.9. The van der Waals surface area contributed by atoms with Gasteiger partial charge < -0.3 is 10.3 Å². The third-order valence-corrected chi connectivity index (χ3v) is 3.01. The van der Waals surface area contributed by atoms with Gasteiger partial charge in [-0.1, -0.05) is 6.92 Å². The molecule has 1 aromatic heterocycles. The van der Waals surface area contributed by atoms with E-state index in [0.29, 0.717) is 12.6 Å². The van der Waals surface area contributed by atoms with E-state index in [0.717, 1.165) is 11.6 Å². The van der Waals surface area contributed by atoms with Crippen molar-refractivity contribution in [3.05, 3.63) is 11.6 Å². The van der Waals surface area contributed by atoms with Gasteiger partial charge in [0.15, 0.2) is 0 Å². The molecule has 0 aliphatic heterocycles. The molecule has 0 unspecified atom stereocenters. The number of nitrogens with two attached hydrogens (primary N) is 1. The number of nitrogens with zero attached hydrogens (tertiary/aromatic N) is 3. The van der Waals surface area contributed by atoms with Gasteiger partial charge in [0.25, 0.3) is 0 Å². The van der Waals surface area contributed by atoms with Crippen LogP contribution in [0, 0.1) is 0 Å². The first kappa shape index (κ1) is 9.65. The van der Waals surface area contributed by atoms with Crippen LogP contribution in [0.3, 0.4) is 0 Å². The fraction of sp³-hybridized carbons (Fsp3) is 0.800. The minimum absolute atomic E-state index is 0.269. The summed E-state index contributed by atoms with van der Waals surface area (Å²) in [6.07, 6.45) is 2.45. The Labute approximate surface area is 84.5 Å². The monoisotopic (exact) mass is 194 g/mol. The summed E-state index contributed by atoms with van der Waals surface area (Å²) in [5.74, 6) is 2.02. The van der Waals surface area contributed by atoms with Gasteiger partial charge in [-0.05, 0) is 26.7 Å². The highest BCUT2D eigenvalue weighted by Crippen LogP contribution is 2.47. The van der Waals surface area contributed by atoms with Crippen LogP contribution in [0.1, 0.15) is 51.3 Å². The fourth-order valence-corrected chi connectivity index (χ4v) is 1.83. The van der Waals surface area contributed by atoms with Crippen LogP contribution in [0.4, 0.5) is 0 Å². The molecule has 1 fully saturated rings. The zero-order chi connectivity index (χ0) is 10.3. The predicted octanol–water partition coefficient (Wildman–Crippen LogP) is 1.37. The zero-order valence-electron chi connectivity index (χ0n) is 9.12. The Kier molecular flexibility index (Phi) is 2.10. The molecule has 1 saturated carbocycles. The van der Waals surface area contributed by atoms with E-state index in [1.54, 1.807) is 0 Å². The summed E-state index contributed by atoms with van der Waals surface area (Å²) in [4.78, 5) is 0. The van der Waals surface area contributed by atoms with E-state index in [2.05, 4.69) is 35.5 Å². The summed E-state index contributed by atoms with van der Waals surface area (Å²) < 4.78 is 2.19. The number of aromatic nitrogens is 3. The first-order valence-electron chi connectivity index (χ1n) is 5.23. The maximum absolute atomic E-state index is 5.64. The number of hydrogen-bond donors (Lipinski definition) is 1. The highest BCUT2D eigenvalue weighted by atomic mass is 15.3. The van der Waals surface area contributed by atoms with Crippen molar-refractivity contribution in [3.8, 4) is 0 Å². The molecule has 4 nitrogen and oxygen atoms in total. The van der Waals surface area contributed by atoms with Crippen LogP contribution in [-0.4, -0.2) is 14.8 Å². The lowest BCUT2D eigenvalue weighted by molar-refractivity contribution is 0.514. The van der Waals surface area contributed by atoms with Gasteiger partial charge in [0.1, 0.15) is 11.6 Å². The molecule has 0 saturated heterocycles. The molecular formula is C10H18N4. The molecule has 1 aliphatic rings. The molecule has 2 N–H and O–H groups in total. The van der Waals surface area contributed by atoms with Gasteiger partial charge in [-0.25, -0.2) is 0 Å². The van der Waals surface area contributed by atoms with Gasteiger partial charge >= 0.3 is 0 Å². The molecule has 1 heterocycles. The largest absolute Gasteiger partial charge is 0.324 e. The van der Waals surface area contributed by atoms with E-state index < -0.39 is 0 Å². The van der Waals surface area contributed by atoms with Crippen LogP contribution in [0.2, 0.25) is 0 Å². The fourth-order valence-electron chi connectivity index (χ4n) is 1.83. The summed E-state index contributed by atoms with van der Waals surface area (Å²) in [6.45, 7) is 7.02. The first-order valence-corrected chi connectivity index (χ1v) is 5.23. The van der Waals surface area contributed by atoms with Crippen LogP contribution >= 0.6 is 0 Å². The van der Waals surface area contributed by atoms with Crippen molar-refractivity contribution in [2.75, 3.05) is 0 Å². The molecule has 0 spiro atoms. The van der Waals surface area contributed by atoms with E-state index in [9.17, 15) is 0 Å². The summed E-state index contributed by atoms with van der Waals surface area (Å²) in [5, 5.41) is 8.43. The third-order valence-electron chi connectivity index (χ3n) is 3.01. The van der Waals surface area contributed by atoms with E-state index >= 15 is 0 Å². The van der Waals surface area contributed by atoms with Crippen molar-refractivity contribution < 1.29 is 0 Å². The molecule has 78 valence electrons. The predicted molar refractivity (Wildman–Crippen MR) is 54.9 cm³/mol. The smallest absolute Gasteiger partial charge is 0.147 e. The van der Waals surface area contributed by atoms with E-state index in [-0.39, 0.29) is 5.41 Å². The Hall–Kier alpha value is -0.900. The Morgan fingerprint density at radius 3 is 2.50 bits per heavy atom. The van der Waals surface area contributed by atoms with Gasteiger partial charge in [0, 0.05) is 11.5 Å². The van der Waals surface area contributed by atoms with Gasteiger partial charge in [-0.3, -0.25) is 0 Å². The molecule has 14 heavy (non-hydrogen) atoms. The van der Waals surface area contributed by atoms with E-state index in [4.69, 9.17) is 5.73 Å². The molecular weight excluding hydrogens is 176 g/mol. The van der Waals surface area contributed by atoms with Crippen molar-refractivity contribution in [2.24, 2.45) is 5.73 Å². The molecule has 0 radical (unpaired) electrons. The number of rotatable bonds is 3. The molecule has 0 atom stereocenters. The Bertz CT molecular complexity index is 336. The summed E-state index contributed by atoms with van der Waals surface area (Å²) in [6, 6.07) is 0.399. The highest BCUT2D eigenvalue weighted by molar-refractivity contribution is 5.18. The van der Waals surface area contributed by atoms with Crippen LogP contribution < -0.4 is 5.73 Å². The second-order valence-corrected chi connectivity index (χ2v) is 4.67. The average Bonchev–Trinajstić information content (AvgIpc) is 2.74. The Morgan fingerprint density at radius 2 is 2.07 bits per heavy atom. The Morgan fingerprint density at radius 1 is 1.43 bits per heavy atom. The molecule has 1 aromatic rings. The SMILES string of the molecule is CC(C)n1c(CN)nnc1C1(C)CC1. The van der Waals surface area contributed by atoms with E-state index in [1.807, 2.05) is 0 Å². The third kappa shape index (κ3) is 1.34. The van der Waals surface area contributed by atoms with Crippen molar-refractivity contribution in [1.82, 2.24) is 14.8 Å². The van der Waals surface area contributed by atoms with Gasteiger partial charge in [-0.2, -0.15) is 0 Å². The quantitative estimate of drug-likeness (QED) is 0.790. The second kappa shape index (κ2) is 3.05. The minimum atomic E-state index is 0.269. The molecule has 0 bridgehead atoms. The van der Waals surface area contributed by atoms with Crippen LogP contribution in [0.15, 0.2) is 0 Å². The Balaban J connectivity index is 2.45. The summed E-state index contributed by atoms with van der Waals surface area (Å²) >= 11 is 0. The standard InChI is InChI=1S/C10H18N4/c1-7(2)14-8(6-11)12-13-9(14)10(3)4-5-10/h7H,4-6,11H2,1-3H3. The number of hydrogen-bond acceptors (Lipinski definition) is 3. The van der Waals surface area contributed by atoms with Crippen LogP contribution in [0.25, 0.3) is 0 Å². The first-order chi connectivity index (χ1) is 6.58. The molecule has 0 aromatic carbocycles. The van der Waals surface area contributed by atoms with Crippen LogP contribution in [0.5, 0.6) is 0 Å². The maximum atomic E-state index is 5.64. The van der Waals surface area contributed by atoms with Crippen molar-refractivity contribution in [2.45, 2.75) is 51.6 Å². The minimum Gasteiger partial charge on any atom is -0.324 e. The second-order valence-electron chi connectivity index (χ2n) is 4.67. The lowest BCUT2D eigenvalue weighted by Crippen LogP contribution is -2.17. The van der Waals surface area contributed by atoms with Crippen molar-refractivity contribution in [3.63, 3.8) is 0 Å². The topological polar surface area (TPSA) is 56.7 Å². The van der Waals surface area contributed by atoms with E-state index in [1.165, 1.54) is 12.8 Å². The lowest BCUT2D eigenvalue weighted by atomic mass is 10.1. The van der Waals surface area contributed by atoms with Gasteiger partial charge in [0.2, 0.25) is 0 Å². The van der Waals surface area contributed by atoms with Gasteiger partial charge in [0.05, 0.1) is 6.54 Å². The van der Waals surface area contributed by atoms with Crippen molar-refractivity contribution >= 4 is 0 Å². The summed E-state index contributed by atoms with van der Waals surface area (Å²) in [5.41, 5.74) is 5.91. The average molecular weight is 194 g/mol. The molecule has 0 amide bonds. The highest BCUT2D eigenvalue weighted by Gasteiger charge is 2.44. The zero-order valence-corrected chi connectivity index (χ0v) is 9.12. The van der Waals surface area contributed by atoms with Crippen LogP contribution in [-0.2, 0) is 12.0 Å². The molecule has 4 heteroatoms. The molecule has 2 rings (SSSR count). The summed E-state index contributed by atoms with van der Waals surface area (Å²) in [7, 11) is 0.